The highest BCUT2D eigenvalue weighted by Gasteiger charge is 2.21. The molecule has 0 bridgehead atoms. The van der Waals surface area contributed by atoms with Gasteiger partial charge in [-0.15, -0.1) is 0 Å². The number of aromatic amines is 1. The van der Waals surface area contributed by atoms with E-state index in [1.807, 2.05) is 36.4 Å². The van der Waals surface area contributed by atoms with Crippen LogP contribution in [0, 0.1) is 12.8 Å². The van der Waals surface area contributed by atoms with Crippen LogP contribution in [-0.2, 0) is 32.9 Å². The molecule has 8 nitrogen and oxygen atoms in total. The number of aromatic nitrogens is 2. The number of ether oxygens (including phenoxy) is 2. The first-order valence-electron chi connectivity index (χ1n) is 18.5. The van der Waals surface area contributed by atoms with Crippen LogP contribution in [0.4, 0.5) is 11.4 Å². The van der Waals surface area contributed by atoms with Crippen molar-refractivity contribution in [3.63, 3.8) is 0 Å². The van der Waals surface area contributed by atoms with Gasteiger partial charge in [-0.1, -0.05) is 46.2 Å². The summed E-state index contributed by atoms with van der Waals surface area (Å²) < 4.78 is 24.6. The van der Waals surface area contributed by atoms with E-state index in [1.165, 1.54) is 5.56 Å². The van der Waals surface area contributed by atoms with Crippen molar-refractivity contribution in [2.24, 2.45) is 5.92 Å². The lowest BCUT2D eigenvalue weighted by atomic mass is 9.93. The van der Waals surface area contributed by atoms with Gasteiger partial charge >= 0.3 is 0 Å². The molecule has 1 aromatic heterocycles. The topological polar surface area (TPSA) is 103 Å². The Bertz CT molecular complexity index is 1730. The number of carbonyl (C=O) groups is 1. The van der Waals surface area contributed by atoms with Crippen molar-refractivity contribution in [1.82, 2.24) is 9.97 Å². The molecule has 1 aliphatic heterocycles. The maximum Gasteiger partial charge on any atom is 0.251 e. The number of unbranched alkanes of at least 4 members (excludes halogenated alkanes) is 1. The molecule has 2 N–H and O–H groups in total. The number of rotatable bonds is 17. The first-order chi connectivity index (χ1) is 24.7. The van der Waals surface area contributed by atoms with E-state index in [-0.39, 0.29) is 5.91 Å². The van der Waals surface area contributed by atoms with E-state index in [2.05, 4.69) is 85.1 Å². The predicted octanol–water partition coefficient (Wildman–Crippen LogP) is 9.12. The number of benzene rings is 3. The second kappa shape index (κ2) is 19.0. The van der Waals surface area contributed by atoms with Crippen molar-refractivity contribution in [2.75, 3.05) is 43.1 Å². The summed E-state index contributed by atoms with van der Waals surface area (Å²) in [4.78, 5) is 24.6. The number of carbonyl (C=O) groups excluding carboxylic acids is 1. The minimum absolute atomic E-state index is 0.115. The third kappa shape index (κ3) is 11.0. The molecule has 5 rings (SSSR count). The van der Waals surface area contributed by atoms with Crippen molar-refractivity contribution in [3.8, 4) is 16.9 Å². The Morgan fingerprint density at radius 1 is 1.04 bits per heavy atom. The molecule has 0 radical (unpaired) electrons. The zero-order chi connectivity index (χ0) is 36.2. The molecule has 51 heavy (non-hydrogen) atoms. The molecule has 9 heteroatoms. The van der Waals surface area contributed by atoms with Crippen LogP contribution in [0.3, 0.4) is 0 Å². The normalized spacial score (nSPS) is 14.7. The maximum absolute atomic E-state index is 13.7. The zero-order valence-electron chi connectivity index (χ0n) is 30.9. The fourth-order valence-corrected chi connectivity index (χ4v) is 7.36. The second-order valence-electron chi connectivity index (χ2n) is 13.8. The molecule has 3 aromatic carbocycles. The molecule has 1 aliphatic rings. The Morgan fingerprint density at radius 2 is 1.82 bits per heavy atom. The van der Waals surface area contributed by atoms with Crippen molar-refractivity contribution in [1.29, 1.82) is 0 Å². The van der Waals surface area contributed by atoms with E-state index >= 15 is 0 Å². The van der Waals surface area contributed by atoms with E-state index in [1.54, 1.807) is 6.20 Å². The van der Waals surface area contributed by atoms with Gasteiger partial charge in [0.2, 0.25) is 0 Å². The maximum atomic E-state index is 13.7. The Kier molecular flexibility index (Phi) is 14.2. The molecule has 0 aliphatic carbocycles. The lowest BCUT2D eigenvalue weighted by Crippen LogP contribution is -2.30. The molecule has 0 saturated carbocycles. The summed E-state index contributed by atoms with van der Waals surface area (Å²) in [6.07, 6.45) is 9.45. The van der Waals surface area contributed by atoms with Gasteiger partial charge in [-0.3, -0.25) is 4.79 Å². The van der Waals surface area contributed by atoms with Crippen LogP contribution in [0.2, 0.25) is 0 Å². The first-order valence-corrected chi connectivity index (χ1v) is 19.8. The van der Waals surface area contributed by atoms with Gasteiger partial charge in [0.25, 0.3) is 5.91 Å². The standard InChI is InChI=1S/C42H54N4O4S/c1-6-8-21-49-22-23-50-37-16-12-32(13-17-37)39-26-34-25-33(11-9-20-46(28-30(3)4)40(34)24-31(39)5)42(47)45-35-14-18-38(19-15-35)51(48)29-36-27-43-41(44-36)10-7-2/h12-19,24-27,30H,6-11,20-23,28-29H2,1-5H3,(H,43,44)(H,45,47)/b33-25+. The van der Waals surface area contributed by atoms with Gasteiger partial charge in [0.15, 0.2) is 10.6 Å². The summed E-state index contributed by atoms with van der Waals surface area (Å²) >= 11 is -1.22. The summed E-state index contributed by atoms with van der Waals surface area (Å²) in [5, 5.41) is 3.10. The first kappa shape index (κ1) is 38.2. The molecule has 1 unspecified atom stereocenters. The SMILES string of the molecule is CCCCOCCOc1ccc(-c2cc3c(cc2C)N(CC(C)C)CCC/C(C(=O)Nc2ccc([S+]([O-])Cc4cnc(CCC)[nH]4)cc2)=C\3)cc1. The van der Waals surface area contributed by atoms with Crippen molar-refractivity contribution < 1.29 is 18.8 Å². The monoisotopic (exact) mass is 710 g/mol. The average Bonchev–Trinajstić information content (AvgIpc) is 3.55. The molecule has 2 heterocycles. The van der Waals surface area contributed by atoms with E-state index in [0.717, 1.165) is 97.0 Å². The fraction of sp³-hybridized carbons (Fsp3) is 0.429. The quantitative estimate of drug-likeness (QED) is 0.0837. The minimum Gasteiger partial charge on any atom is -0.611 e. The third-order valence-electron chi connectivity index (χ3n) is 8.93. The van der Waals surface area contributed by atoms with Gasteiger partial charge in [0.1, 0.15) is 18.2 Å². The summed E-state index contributed by atoms with van der Waals surface area (Å²) in [5.41, 5.74) is 7.90. The van der Waals surface area contributed by atoms with Gasteiger partial charge in [0.05, 0.1) is 18.5 Å². The number of fused-ring (bicyclic) bond motifs is 1. The van der Waals surface area contributed by atoms with Gasteiger partial charge < -0.3 is 29.2 Å². The molecule has 0 fully saturated rings. The summed E-state index contributed by atoms with van der Waals surface area (Å²) in [6.45, 7) is 14.6. The molecule has 0 spiro atoms. The fourth-order valence-electron chi connectivity index (χ4n) is 6.33. The summed E-state index contributed by atoms with van der Waals surface area (Å²) in [6, 6.07) is 20.0. The molecule has 272 valence electrons. The number of nitrogens with zero attached hydrogens (tertiary/aromatic N) is 2. The number of hydrogen-bond acceptors (Lipinski definition) is 6. The Labute approximate surface area is 307 Å². The number of H-pyrrole nitrogens is 1. The van der Waals surface area contributed by atoms with Crippen LogP contribution in [0.15, 0.2) is 77.3 Å². The Morgan fingerprint density at radius 3 is 2.55 bits per heavy atom. The van der Waals surface area contributed by atoms with Crippen LogP contribution in [0.5, 0.6) is 5.75 Å². The zero-order valence-corrected chi connectivity index (χ0v) is 31.7. The van der Waals surface area contributed by atoms with Gasteiger partial charge in [0, 0.05) is 43.1 Å². The molecule has 1 atom stereocenters. The lowest BCUT2D eigenvalue weighted by Gasteiger charge is -2.31. The molecule has 1 amide bonds. The van der Waals surface area contributed by atoms with Gasteiger partial charge in [-0.05, 0) is 127 Å². The highest BCUT2D eigenvalue weighted by Crippen LogP contribution is 2.36. The highest BCUT2D eigenvalue weighted by atomic mass is 32.2. The van der Waals surface area contributed by atoms with Crippen LogP contribution in [-0.4, -0.2) is 53.3 Å². The van der Waals surface area contributed by atoms with E-state index in [9.17, 15) is 9.35 Å². The number of aryl methyl sites for hydroxylation is 2. The number of amides is 1. The second-order valence-corrected chi connectivity index (χ2v) is 15.2. The molecule has 0 saturated heterocycles. The van der Waals surface area contributed by atoms with Crippen LogP contribution >= 0.6 is 0 Å². The Hall–Kier alpha value is -4.05. The van der Waals surface area contributed by atoms with Crippen molar-refractivity contribution in [2.45, 2.75) is 83.8 Å². The van der Waals surface area contributed by atoms with E-state index < -0.39 is 11.2 Å². The number of anilines is 2. The average molecular weight is 711 g/mol. The van der Waals surface area contributed by atoms with Crippen LogP contribution < -0.4 is 15.0 Å². The minimum atomic E-state index is -1.22. The number of hydrogen-bond donors (Lipinski definition) is 2. The van der Waals surface area contributed by atoms with Crippen molar-refractivity contribution >= 4 is 34.5 Å². The summed E-state index contributed by atoms with van der Waals surface area (Å²) in [5.74, 6) is 2.50. The van der Waals surface area contributed by atoms with Crippen LogP contribution in [0.1, 0.15) is 82.4 Å². The van der Waals surface area contributed by atoms with E-state index in [0.29, 0.717) is 41.9 Å². The number of imidazole rings is 1. The smallest absolute Gasteiger partial charge is 0.251 e. The largest absolute Gasteiger partial charge is 0.611 e. The molecular weight excluding hydrogens is 657 g/mol. The molecular formula is C42H54N4O4S. The highest BCUT2D eigenvalue weighted by molar-refractivity contribution is 7.90. The lowest BCUT2D eigenvalue weighted by molar-refractivity contribution is -0.112. The van der Waals surface area contributed by atoms with Gasteiger partial charge in [-0.25, -0.2) is 4.98 Å². The Balaban J connectivity index is 1.32. The summed E-state index contributed by atoms with van der Waals surface area (Å²) in [7, 11) is 0. The van der Waals surface area contributed by atoms with E-state index in [4.69, 9.17) is 9.47 Å². The van der Waals surface area contributed by atoms with Crippen molar-refractivity contribution in [3.05, 3.63) is 95.1 Å². The van der Waals surface area contributed by atoms with Gasteiger partial charge in [-0.2, -0.15) is 0 Å². The van der Waals surface area contributed by atoms with Crippen LogP contribution in [0.25, 0.3) is 17.2 Å². The molecule has 4 aromatic rings. The third-order valence-corrected chi connectivity index (χ3v) is 10.3. The predicted molar refractivity (Wildman–Crippen MR) is 210 cm³/mol. The number of nitrogens with one attached hydrogen (secondary N) is 2.